The van der Waals surface area contributed by atoms with Gasteiger partial charge in [-0.1, -0.05) is 29.8 Å². The number of nitrogens with zero attached hydrogens (tertiary/aromatic N) is 3. The quantitative estimate of drug-likeness (QED) is 0.670. The van der Waals surface area contributed by atoms with Gasteiger partial charge in [0, 0.05) is 23.8 Å². The van der Waals surface area contributed by atoms with Crippen molar-refractivity contribution in [3.63, 3.8) is 0 Å². The summed E-state index contributed by atoms with van der Waals surface area (Å²) in [6.07, 6.45) is 2.46. The maximum atomic E-state index is 13.0. The highest BCUT2D eigenvalue weighted by molar-refractivity contribution is 6.36. The van der Waals surface area contributed by atoms with E-state index < -0.39 is 0 Å². The molecule has 7 heteroatoms. The normalized spacial score (nSPS) is 15.4. The van der Waals surface area contributed by atoms with E-state index in [4.69, 9.17) is 16.3 Å². The van der Waals surface area contributed by atoms with Crippen LogP contribution in [0.3, 0.4) is 0 Å². The third-order valence-corrected chi connectivity index (χ3v) is 5.50. The number of anilines is 2. The number of hydrogen-bond acceptors (Lipinski definition) is 4. The van der Waals surface area contributed by atoms with Gasteiger partial charge < -0.3 is 9.64 Å². The highest BCUT2D eigenvalue weighted by Gasteiger charge is 2.33. The van der Waals surface area contributed by atoms with Gasteiger partial charge in [-0.3, -0.25) is 19.5 Å². The fraction of sp³-hybridized carbons (Fsp3) is 0.190. The number of rotatable bonds is 2. The molecule has 2 aliphatic rings. The molecule has 0 N–H and O–H groups in total. The van der Waals surface area contributed by atoms with Crippen molar-refractivity contribution in [1.82, 2.24) is 4.98 Å². The predicted molar refractivity (Wildman–Crippen MR) is 107 cm³/mol. The van der Waals surface area contributed by atoms with Crippen molar-refractivity contribution >= 4 is 45.7 Å². The van der Waals surface area contributed by atoms with E-state index in [1.54, 1.807) is 23.2 Å². The Hall–Kier alpha value is -3.12. The number of aromatic nitrogens is 1. The molecule has 2 amide bonds. The molecule has 0 aliphatic carbocycles. The van der Waals surface area contributed by atoms with E-state index in [0.717, 1.165) is 23.1 Å². The van der Waals surface area contributed by atoms with Crippen LogP contribution in [0.4, 0.5) is 11.4 Å². The van der Waals surface area contributed by atoms with Crippen LogP contribution in [0.1, 0.15) is 5.56 Å². The number of benzene rings is 2. The molecule has 2 aliphatic heterocycles. The molecule has 2 aromatic carbocycles. The highest BCUT2D eigenvalue weighted by Crippen LogP contribution is 2.41. The molecular formula is C21H16ClN3O3. The maximum absolute atomic E-state index is 13.0. The van der Waals surface area contributed by atoms with Gasteiger partial charge in [-0.2, -0.15) is 0 Å². The first-order chi connectivity index (χ1) is 13.6. The van der Waals surface area contributed by atoms with E-state index in [1.807, 2.05) is 30.3 Å². The Balaban J connectivity index is 1.52. The van der Waals surface area contributed by atoms with Crippen molar-refractivity contribution in [2.24, 2.45) is 0 Å². The molecule has 0 radical (unpaired) electrons. The molecule has 1 aromatic heterocycles. The highest BCUT2D eigenvalue weighted by atomic mass is 35.5. The summed E-state index contributed by atoms with van der Waals surface area (Å²) < 4.78 is 5.66. The Morgan fingerprint density at radius 1 is 1.18 bits per heavy atom. The number of carbonyl (C=O) groups excluding carboxylic acids is 2. The summed E-state index contributed by atoms with van der Waals surface area (Å²) in [4.78, 5) is 33.1. The van der Waals surface area contributed by atoms with Gasteiger partial charge in [-0.05, 0) is 36.2 Å². The van der Waals surface area contributed by atoms with Gasteiger partial charge in [0.2, 0.25) is 5.91 Å². The first-order valence-electron chi connectivity index (χ1n) is 9.02. The van der Waals surface area contributed by atoms with Crippen molar-refractivity contribution in [3.8, 4) is 5.75 Å². The van der Waals surface area contributed by atoms with E-state index in [2.05, 4.69) is 4.98 Å². The van der Waals surface area contributed by atoms with Crippen molar-refractivity contribution in [2.45, 2.75) is 6.42 Å². The minimum absolute atomic E-state index is 0.0712. The van der Waals surface area contributed by atoms with Crippen LogP contribution in [0.2, 0.25) is 5.02 Å². The molecule has 5 rings (SSSR count). The van der Waals surface area contributed by atoms with Gasteiger partial charge in [0.15, 0.2) is 12.4 Å². The second-order valence-corrected chi connectivity index (χ2v) is 7.21. The molecule has 0 saturated heterocycles. The summed E-state index contributed by atoms with van der Waals surface area (Å²) in [6.45, 7) is 0.409. The van der Waals surface area contributed by atoms with Gasteiger partial charge in [0.25, 0.3) is 5.91 Å². The number of amides is 2. The summed E-state index contributed by atoms with van der Waals surface area (Å²) in [7, 11) is 0. The van der Waals surface area contributed by atoms with E-state index in [9.17, 15) is 9.59 Å². The van der Waals surface area contributed by atoms with Gasteiger partial charge >= 0.3 is 0 Å². The number of fused-ring (bicyclic) bond motifs is 4. The standard InChI is InChI=1S/C21H16ClN3O3/c22-15-10-17-21(20-14(15)5-3-8-23-20)28-12-19(27)25(17)11-18(26)24-9-7-13-4-1-2-6-16(13)24/h1-6,8,10H,7,9,11-12H2. The largest absolute Gasteiger partial charge is 0.479 e. The fourth-order valence-electron chi connectivity index (χ4n) is 3.84. The van der Waals surface area contributed by atoms with Crippen molar-refractivity contribution in [3.05, 3.63) is 59.2 Å². The number of para-hydroxylation sites is 1. The summed E-state index contributed by atoms with van der Waals surface area (Å²) >= 11 is 6.41. The molecule has 140 valence electrons. The van der Waals surface area contributed by atoms with Crippen LogP contribution in [0.25, 0.3) is 10.9 Å². The number of halogens is 1. The summed E-state index contributed by atoms with van der Waals surface area (Å²) in [5, 5.41) is 1.21. The molecule has 6 nitrogen and oxygen atoms in total. The molecular weight excluding hydrogens is 378 g/mol. The molecule has 0 spiro atoms. The zero-order chi connectivity index (χ0) is 19.3. The van der Waals surface area contributed by atoms with Crippen LogP contribution in [0.5, 0.6) is 5.75 Å². The Bertz CT molecular complexity index is 1130. The molecule has 0 fully saturated rings. The number of pyridine rings is 1. The third-order valence-electron chi connectivity index (χ3n) is 5.19. The second-order valence-electron chi connectivity index (χ2n) is 6.80. The Kier molecular flexibility index (Phi) is 3.94. The number of ether oxygens (including phenoxy) is 1. The zero-order valence-corrected chi connectivity index (χ0v) is 15.6. The van der Waals surface area contributed by atoms with Crippen molar-refractivity contribution in [2.75, 3.05) is 29.5 Å². The molecule has 0 atom stereocenters. The average molecular weight is 394 g/mol. The van der Waals surface area contributed by atoms with E-state index in [-0.39, 0.29) is 25.0 Å². The van der Waals surface area contributed by atoms with Gasteiger partial charge in [-0.15, -0.1) is 0 Å². The first kappa shape index (κ1) is 17.0. The number of hydrogen-bond donors (Lipinski definition) is 0. The molecule has 0 saturated carbocycles. The number of carbonyl (C=O) groups is 2. The topological polar surface area (TPSA) is 62.7 Å². The minimum atomic E-state index is -0.278. The lowest BCUT2D eigenvalue weighted by atomic mass is 10.1. The fourth-order valence-corrected chi connectivity index (χ4v) is 4.10. The third kappa shape index (κ3) is 2.60. The van der Waals surface area contributed by atoms with Crippen molar-refractivity contribution < 1.29 is 14.3 Å². The van der Waals surface area contributed by atoms with E-state index in [0.29, 0.717) is 28.5 Å². The SMILES string of the molecule is O=C(CN1C(=O)COc2c1cc(Cl)c1cccnc21)N1CCc2ccccc21. The summed E-state index contributed by atoms with van der Waals surface area (Å²) in [5.74, 6) is 0.0669. The van der Waals surface area contributed by atoms with Crippen LogP contribution in [0.15, 0.2) is 48.7 Å². The van der Waals surface area contributed by atoms with Crippen LogP contribution >= 0.6 is 11.6 Å². The molecule has 28 heavy (non-hydrogen) atoms. The molecule has 3 aromatic rings. The Labute approximate surface area is 166 Å². The van der Waals surface area contributed by atoms with E-state index >= 15 is 0 Å². The van der Waals surface area contributed by atoms with Crippen LogP contribution in [-0.4, -0.2) is 36.5 Å². The van der Waals surface area contributed by atoms with Crippen LogP contribution < -0.4 is 14.5 Å². The lowest BCUT2D eigenvalue weighted by molar-refractivity contribution is -0.124. The lowest BCUT2D eigenvalue weighted by Gasteiger charge is -2.31. The maximum Gasteiger partial charge on any atom is 0.265 e. The van der Waals surface area contributed by atoms with Crippen LogP contribution in [0, 0.1) is 0 Å². The smallest absolute Gasteiger partial charge is 0.265 e. The summed E-state index contributed by atoms with van der Waals surface area (Å²) in [5.41, 5.74) is 3.11. The van der Waals surface area contributed by atoms with E-state index in [1.165, 1.54) is 4.90 Å². The lowest BCUT2D eigenvalue weighted by Crippen LogP contribution is -2.46. The monoisotopic (exact) mass is 393 g/mol. The summed E-state index contributed by atoms with van der Waals surface area (Å²) in [6, 6.07) is 13.1. The van der Waals surface area contributed by atoms with Gasteiger partial charge in [0.05, 0.1) is 10.7 Å². The van der Waals surface area contributed by atoms with Gasteiger partial charge in [0.1, 0.15) is 12.1 Å². The zero-order valence-electron chi connectivity index (χ0n) is 14.9. The second kappa shape index (κ2) is 6.49. The molecule has 0 unspecified atom stereocenters. The molecule has 3 heterocycles. The van der Waals surface area contributed by atoms with Crippen molar-refractivity contribution in [1.29, 1.82) is 0 Å². The Morgan fingerprint density at radius 2 is 2.04 bits per heavy atom. The Morgan fingerprint density at radius 3 is 2.93 bits per heavy atom. The van der Waals surface area contributed by atoms with Crippen LogP contribution in [-0.2, 0) is 16.0 Å². The first-order valence-corrected chi connectivity index (χ1v) is 9.40. The van der Waals surface area contributed by atoms with Gasteiger partial charge in [-0.25, -0.2) is 0 Å². The molecule has 0 bridgehead atoms. The predicted octanol–water partition coefficient (Wildman–Crippen LogP) is 3.20. The minimum Gasteiger partial charge on any atom is -0.479 e. The average Bonchev–Trinajstić information content (AvgIpc) is 3.15.